The molecule has 0 spiro atoms. The third kappa shape index (κ3) is 3.13. The van der Waals surface area contributed by atoms with Crippen LogP contribution in [-0.2, 0) is 13.5 Å². The van der Waals surface area contributed by atoms with E-state index >= 15 is 0 Å². The highest BCUT2D eigenvalue weighted by atomic mass is 15.0. The predicted molar refractivity (Wildman–Crippen MR) is 113 cm³/mol. The molecule has 0 fully saturated rings. The lowest BCUT2D eigenvalue weighted by Crippen LogP contribution is -2.33. The van der Waals surface area contributed by atoms with Gasteiger partial charge in [0, 0.05) is 18.2 Å². The summed E-state index contributed by atoms with van der Waals surface area (Å²) in [5.41, 5.74) is 11.9. The first-order valence-corrected chi connectivity index (χ1v) is 9.83. The minimum atomic E-state index is 0.385. The van der Waals surface area contributed by atoms with E-state index in [0.29, 0.717) is 5.92 Å². The smallest absolute Gasteiger partial charge is 0.257 e. The van der Waals surface area contributed by atoms with Crippen LogP contribution in [0.2, 0.25) is 0 Å². The molecule has 0 radical (unpaired) electrons. The molecule has 2 aromatic heterocycles. The molecule has 4 heteroatoms. The second-order valence-electron chi connectivity index (χ2n) is 8.15. The SMILES string of the molecule is Cc1cc(C)c(C)c(-c2c3c(nc[n+]2C)C=C(c2cnc(C(C)C)cn2)C3)c1. The highest BCUT2D eigenvalue weighted by molar-refractivity contribution is 5.88. The number of rotatable bonds is 3. The van der Waals surface area contributed by atoms with Gasteiger partial charge in [-0.25, -0.2) is 4.57 Å². The highest BCUT2D eigenvalue weighted by Gasteiger charge is 2.28. The van der Waals surface area contributed by atoms with Crippen molar-refractivity contribution < 1.29 is 4.57 Å². The molecule has 0 N–H and O–H groups in total. The molecule has 1 aliphatic carbocycles. The van der Waals surface area contributed by atoms with Crippen LogP contribution in [0.1, 0.15) is 59.1 Å². The van der Waals surface area contributed by atoms with Gasteiger partial charge in [0.25, 0.3) is 6.33 Å². The van der Waals surface area contributed by atoms with Crippen molar-refractivity contribution >= 4 is 11.6 Å². The summed E-state index contributed by atoms with van der Waals surface area (Å²) < 4.78 is 2.14. The second kappa shape index (κ2) is 6.93. The van der Waals surface area contributed by atoms with Gasteiger partial charge >= 0.3 is 0 Å². The van der Waals surface area contributed by atoms with Crippen molar-refractivity contribution in [2.45, 2.75) is 47.0 Å². The van der Waals surface area contributed by atoms with E-state index in [1.54, 1.807) is 0 Å². The van der Waals surface area contributed by atoms with Crippen molar-refractivity contribution in [1.82, 2.24) is 15.0 Å². The molecular formula is C24H27N4+. The van der Waals surface area contributed by atoms with Crippen LogP contribution in [0.3, 0.4) is 0 Å². The van der Waals surface area contributed by atoms with E-state index in [4.69, 9.17) is 0 Å². The molecule has 142 valence electrons. The van der Waals surface area contributed by atoms with E-state index in [0.717, 1.165) is 23.5 Å². The zero-order valence-electron chi connectivity index (χ0n) is 17.5. The third-order valence-electron chi connectivity index (χ3n) is 5.66. The Kier molecular flexibility index (Phi) is 4.58. The zero-order valence-corrected chi connectivity index (χ0v) is 17.5. The summed E-state index contributed by atoms with van der Waals surface area (Å²) in [6, 6.07) is 4.53. The number of hydrogen-bond acceptors (Lipinski definition) is 3. The van der Waals surface area contributed by atoms with Crippen molar-refractivity contribution in [1.29, 1.82) is 0 Å². The van der Waals surface area contributed by atoms with Gasteiger partial charge in [0.15, 0.2) is 5.69 Å². The van der Waals surface area contributed by atoms with E-state index in [-0.39, 0.29) is 0 Å². The van der Waals surface area contributed by atoms with E-state index < -0.39 is 0 Å². The molecule has 2 heterocycles. The predicted octanol–water partition coefficient (Wildman–Crippen LogP) is 4.51. The number of fused-ring (bicyclic) bond motifs is 1. The van der Waals surface area contributed by atoms with Gasteiger partial charge in [-0.3, -0.25) is 9.97 Å². The topological polar surface area (TPSA) is 42.5 Å². The molecule has 1 aliphatic rings. The Hall–Kier alpha value is -2.88. The number of aryl methyl sites for hydroxylation is 3. The van der Waals surface area contributed by atoms with Crippen molar-refractivity contribution in [3.8, 4) is 11.3 Å². The average Bonchev–Trinajstić information content (AvgIpc) is 3.09. The lowest BCUT2D eigenvalue weighted by atomic mass is 9.94. The fourth-order valence-electron chi connectivity index (χ4n) is 3.93. The van der Waals surface area contributed by atoms with Crippen LogP contribution in [0, 0.1) is 20.8 Å². The van der Waals surface area contributed by atoms with Gasteiger partial charge in [-0.15, -0.1) is 0 Å². The van der Waals surface area contributed by atoms with Crippen LogP contribution >= 0.6 is 0 Å². The van der Waals surface area contributed by atoms with Crippen molar-refractivity contribution in [2.75, 3.05) is 0 Å². The summed E-state index contributed by atoms with van der Waals surface area (Å²) in [6.45, 7) is 10.8. The number of benzene rings is 1. The molecule has 0 bridgehead atoms. The first-order chi connectivity index (χ1) is 13.3. The Bertz CT molecular complexity index is 1090. The molecule has 1 aromatic carbocycles. The molecule has 0 saturated carbocycles. The molecule has 4 nitrogen and oxygen atoms in total. The minimum Gasteiger partial charge on any atom is -0.257 e. The zero-order chi connectivity index (χ0) is 20.0. The van der Waals surface area contributed by atoms with E-state index in [1.165, 1.54) is 39.1 Å². The Labute approximate surface area is 167 Å². The van der Waals surface area contributed by atoms with Gasteiger partial charge in [0.2, 0.25) is 0 Å². The summed E-state index contributed by atoms with van der Waals surface area (Å²) in [5.74, 6) is 0.385. The summed E-state index contributed by atoms with van der Waals surface area (Å²) in [7, 11) is 2.08. The summed E-state index contributed by atoms with van der Waals surface area (Å²) in [5, 5.41) is 0. The summed E-state index contributed by atoms with van der Waals surface area (Å²) >= 11 is 0. The fraction of sp³-hybridized carbons (Fsp3) is 0.333. The molecule has 0 saturated heterocycles. The Balaban J connectivity index is 1.78. The molecular weight excluding hydrogens is 344 g/mol. The monoisotopic (exact) mass is 371 g/mol. The summed E-state index contributed by atoms with van der Waals surface area (Å²) in [4.78, 5) is 13.9. The highest BCUT2D eigenvalue weighted by Crippen LogP contribution is 2.36. The number of allylic oxidation sites excluding steroid dienone is 1. The Morgan fingerprint density at radius 2 is 1.79 bits per heavy atom. The quantitative estimate of drug-likeness (QED) is 0.636. The van der Waals surface area contributed by atoms with Crippen LogP contribution in [0.15, 0.2) is 30.9 Å². The summed E-state index contributed by atoms with van der Waals surface area (Å²) in [6.07, 6.45) is 8.70. The standard InChI is InChI=1S/C24H27N4/c1-14(2)22-11-26-23(12-25-22)18-9-20-21(10-18)27-13-28(6)24(20)19-8-15(3)7-16(4)17(19)5/h7-8,10-14H,9H2,1-6H3/q+1. The van der Waals surface area contributed by atoms with Crippen LogP contribution in [0.25, 0.3) is 22.9 Å². The van der Waals surface area contributed by atoms with E-state index in [2.05, 4.69) is 79.4 Å². The Morgan fingerprint density at radius 1 is 1.00 bits per heavy atom. The Morgan fingerprint density at radius 3 is 2.46 bits per heavy atom. The van der Waals surface area contributed by atoms with Gasteiger partial charge < -0.3 is 0 Å². The first-order valence-electron chi connectivity index (χ1n) is 9.83. The van der Waals surface area contributed by atoms with E-state index in [1.807, 2.05) is 18.7 Å². The fourth-order valence-corrected chi connectivity index (χ4v) is 3.93. The van der Waals surface area contributed by atoms with Crippen molar-refractivity contribution in [3.05, 3.63) is 70.2 Å². The van der Waals surface area contributed by atoms with Crippen molar-refractivity contribution in [2.24, 2.45) is 7.05 Å². The maximum Gasteiger partial charge on any atom is 0.287 e. The molecule has 0 amide bonds. The second-order valence-corrected chi connectivity index (χ2v) is 8.15. The van der Waals surface area contributed by atoms with Gasteiger partial charge in [0.1, 0.15) is 5.69 Å². The van der Waals surface area contributed by atoms with Gasteiger partial charge in [-0.05, 0) is 60.5 Å². The maximum atomic E-state index is 4.68. The molecule has 4 rings (SSSR count). The first kappa shape index (κ1) is 18.5. The third-order valence-corrected chi connectivity index (χ3v) is 5.66. The number of nitrogens with zero attached hydrogens (tertiary/aromatic N) is 4. The van der Waals surface area contributed by atoms with Crippen LogP contribution < -0.4 is 4.57 Å². The van der Waals surface area contributed by atoms with Crippen LogP contribution in [0.4, 0.5) is 0 Å². The number of hydrogen-bond donors (Lipinski definition) is 0. The van der Waals surface area contributed by atoms with Gasteiger partial charge in [0.05, 0.1) is 30.2 Å². The number of aromatic nitrogens is 4. The lowest BCUT2D eigenvalue weighted by molar-refractivity contribution is -0.663. The van der Waals surface area contributed by atoms with Gasteiger partial charge in [-0.1, -0.05) is 25.5 Å². The minimum absolute atomic E-state index is 0.385. The average molecular weight is 372 g/mol. The van der Waals surface area contributed by atoms with E-state index in [9.17, 15) is 0 Å². The van der Waals surface area contributed by atoms with Gasteiger partial charge in [-0.2, -0.15) is 0 Å². The molecule has 3 aromatic rings. The lowest BCUT2D eigenvalue weighted by Gasteiger charge is -2.13. The maximum absolute atomic E-state index is 4.68. The molecule has 0 atom stereocenters. The molecule has 0 aliphatic heterocycles. The van der Waals surface area contributed by atoms with Crippen LogP contribution in [-0.4, -0.2) is 15.0 Å². The molecule has 0 unspecified atom stereocenters. The molecule has 28 heavy (non-hydrogen) atoms. The van der Waals surface area contributed by atoms with Crippen molar-refractivity contribution in [3.63, 3.8) is 0 Å². The van der Waals surface area contributed by atoms with Crippen LogP contribution in [0.5, 0.6) is 0 Å². The normalized spacial score (nSPS) is 13.0. The largest absolute Gasteiger partial charge is 0.287 e.